The van der Waals surface area contributed by atoms with Gasteiger partial charge in [-0.1, -0.05) is 78.1 Å². The predicted octanol–water partition coefficient (Wildman–Crippen LogP) is 4.97. The van der Waals surface area contributed by atoms with Crippen molar-refractivity contribution < 1.29 is 4.79 Å². The van der Waals surface area contributed by atoms with E-state index in [1.807, 2.05) is 54.6 Å². The molecule has 0 saturated carbocycles. The van der Waals surface area contributed by atoms with Crippen molar-refractivity contribution in [1.82, 2.24) is 20.4 Å². The summed E-state index contributed by atoms with van der Waals surface area (Å²) in [5.41, 5.74) is 5.61. The normalized spacial score (nSPS) is 13.0. The Bertz CT molecular complexity index is 1290. The Balaban J connectivity index is 1.66. The Labute approximate surface area is 183 Å². The molecule has 0 aliphatic carbocycles. The number of rotatable bonds is 6. The summed E-state index contributed by atoms with van der Waals surface area (Å²) in [4.78, 5) is 13.6. The average molecular weight is 426 g/mol. The number of hydrogen-bond donors (Lipinski definition) is 2. The third-order valence-electron chi connectivity index (χ3n) is 5.35. The highest BCUT2D eigenvalue weighted by Gasteiger charge is 2.33. The van der Waals surface area contributed by atoms with Crippen molar-refractivity contribution in [3.63, 3.8) is 0 Å². The van der Waals surface area contributed by atoms with Gasteiger partial charge >= 0.3 is 0 Å². The second-order valence-electron chi connectivity index (χ2n) is 7.23. The van der Waals surface area contributed by atoms with Gasteiger partial charge in [-0.25, -0.2) is 0 Å². The number of carbonyl (C=O) groups is 1. The molecule has 1 amide bonds. The van der Waals surface area contributed by atoms with E-state index in [0.29, 0.717) is 5.13 Å². The van der Waals surface area contributed by atoms with Crippen LogP contribution in [-0.4, -0.2) is 26.3 Å². The van der Waals surface area contributed by atoms with Gasteiger partial charge in [0, 0.05) is 11.3 Å². The van der Waals surface area contributed by atoms with Crippen molar-refractivity contribution >= 4 is 33.3 Å². The maximum absolute atomic E-state index is 13.6. The largest absolute Gasteiger partial charge is 0.300 e. The van der Waals surface area contributed by atoms with E-state index in [-0.39, 0.29) is 11.8 Å². The first-order valence-electron chi connectivity index (χ1n) is 9.89. The minimum absolute atomic E-state index is 0.121. The van der Waals surface area contributed by atoms with Gasteiger partial charge in [0.1, 0.15) is 5.51 Å². The van der Waals surface area contributed by atoms with Crippen LogP contribution in [0.4, 0.5) is 5.13 Å². The van der Waals surface area contributed by atoms with Crippen LogP contribution in [0.2, 0.25) is 0 Å². The zero-order valence-electron chi connectivity index (χ0n) is 16.5. The Kier molecular flexibility index (Phi) is 5.24. The summed E-state index contributed by atoms with van der Waals surface area (Å²) in [6.45, 7) is 0. The molecule has 5 rings (SSSR count). The molecule has 0 fully saturated rings. The van der Waals surface area contributed by atoms with Crippen molar-refractivity contribution in [3.8, 4) is 0 Å². The van der Waals surface area contributed by atoms with Crippen LogP contribution in [0.1, 0.15) is 28.5 Å². The molecule has 6 nitrogen and oxygen atoms in total. The van der Waals surface area contributed by atoms with Gasteiger partial charge in [0.05, 0.1) is 17.6 Å². The minimum Gasteiger partial charge on any atom is -0.300 e. The highest BCUT2D eigenvalue weighted by Crippen LogP contribution is 2.40. The first kappa shape index (κ1) is 19.1. The lowest BCUT2D eigenvalue weighted by Gasteiger charge is -2.27. The van der Waals surface area contributed by atoms with E-state index in [0.717, 1.165) is 27.6 Å². The highest BCUT2D eigenvalue weighted by atomic mass is 32.1. The number of H-pyrrole nitrogens is 1. The van der Waals surface area contributed by atoms with Crippen molar-refractivity contribution in [2.45, 2.75) is 11.8 Å². The number of carbonyl (C=O) groups excluding carboxylic acids is 1. The lowest BCUT2D eigenvalue weighted by molar-refractivity contribution is -0.117. The summed E-state index contributed by atoms with van der Waals surface area (Å²) in [5.74, 6) is -0.781. The van der Waals surface area contributed by atoms with Crippen molar-refractivity contribution in [2.24, 2.45) is 0 Å². The Hall–Kier alpha value is -3.84. The molecule has 0 radical (unpaired) electrons. The van der Waals surface area contributed by atoms with Crippen LogP contribution in [0.25, 0.3) is 10.9 Å². The molecule has 7 heteroatoms. The zero-order valence-corrected chi connectivity index (χ0v) is 17.3. The molecule has 3 aromatic carbocycles. The molecular weight excluding hydrogens is 406 g/mol. The van der Waals surface area contributed by atoms with Gasteiger partial charge in [-0.15, -0.1) is 10.2 Å². The van der Waals surface area contributed by atoms with Crippen LogP contribution in [-0.2, 0) is 4.79 Å². The number of aromatic amines is 1. The molecule has 0 aliphatic rings. The Morgan fingerprint density at radius 2 is 1.65 bits per heavy atom. The van der Waals surface area contributed by atoms with Gasteiger partial charge < -0.3 is 0 Å². The smallest absolute Gasteiger partial charge is 0.234 e. The Morgan fingerprint density at radius 3 is 2.35 bits per heavy atom. The van der Waals surface area contributed by atoms with Gasteiger partial charge in [-0.2, -0.15) is 5.10 Å². The molecule has 2 aromatic heterocycles. The maximum Gasteiger partial charge on any atom is 0.234 e. The number of nitrogens with zero attached hydrogens (tertiary/aromatic N) is 3. The highest BCUT2D eigenvalue weighted by molar-refractivity contribution is 7.13. The standard InChI is InChI=1S/C24H19N5OS/c30-23(27-24-29-26-15-31-24)22(17-9-5-2-6-10-17)21(16-7-3-1-4-8-16)18-11-12-20-19(13-18)14-25-28-20/h1-15,21-22H,(H,25,28)(H,27,29,30). The van der Waals surface area contributed by atoms with E-state index < -0.39 is 5.92 Å². The van der Waals surface area contributed by atoms with E-state index in [1.165, 1.54) is 11.3 Å². The van der Waals surface area contributed by atoms with E-state index in [9.17, 15) is 4.79 Å². The molecule has 152 valence electrons. The monoisotopic (exact) mass is 425 g/mol. The predicted molar refractivity (Wildman–Crippen MR) is 122 cm³/mol. The number of benzene rings is 3. The number of hydrogen-bond acceptors (Lipinski definition) is 5. The average Bonchev–Trinajstić information content (AvgIpc) is 3.50. The van der Waals surface area contributed by atoms with Gasteiger partial charge in [-0.05, 0) is 28.8 Å². The van der Waals surface area contributed by atoms with Crippen LogP contribution >= 0.6 is 11.3 Å². The fourth-order valence-corrected chi connectivity index (χ4v) is 4.41. The fraction of sp³-hybridized carbons (Fsp3) is 0.0833. The maximum atomic E-state index is 13.6. The summed E-state index contributed by atoms with van der Waals surface area (Å²) >= 11 is 1.30. The molecule has 2 heterocycles. The fourth-order valence-electron chi connectivity index (χ4n) is 3.96. The second-order valence-corrected chi connectivity index (χ2v) is 8.06. The third-order valence-corrected chi connectivity index (χ3v) is 5.95. The number of amides is 1. The van der Waals surface area contributed by atoms with Crippen molar-refractivity contribution in [2.75, 3.05) is 5.32 Å². The van der Waals surface area contributed by atoms with Crippen molar-refractivity contribution in [1.29, 1.82) is 0 Å². The van der Waals surface area contributed by atoms with E-state index in [2.05, 4.69) is 50.0 Å². The summed E-state index contributed by atoms with van der Waals surface area (Å²) in [7, 11) is 0. The number of fused-ring (bicyclic) bond motifs is 1. The molecule has 0 spiro atoms. The quantitative estimate of drug-likeness (QED) is 0.402. The first-order chi connectivity index (χ1) is 15.3. The van der Waals surface area contributed by atoms with Crippen LogP contribution in [0.5, 0.6) is 0 Å². The first-order valence-corrected chi connectivity index (χ1v) is 10.8. The van der Waals surface area contributed by atoms with Crippen LogP contribution < -0.4 is 5.32 Å². The minimum atomic E-state index is -0.461. The molecule has 0 bridgehead atoms. The molecule has 5 aromatic rings. The van der Waals surface area contributed by atoms with Gasteiger partial charge in [0.2, 0.25) is 11.0 Å². The molecule has 0 aliphatic heterocycles. The lowest BCUT2D eigenvalue weighted by atomic mass is 9.76. The van der Waals surface area contributed by atoms with E-state index >= 15 is 0 Å². The Morgan fingerprint density at radius 1 is 0.903 bits per heavy atom. The van der Waals surface area contributed by atoms with Crippen LogP contribution in [0, 0.1) is 0 Å². The second kappa shape index (κ2) is 8.49. The van der Waals surface area contributed by atoms with Crippen LogP contribution in [0.15, 0.2) is 90.6 Å². The van der Waals surface area contributed by atoms with Gasteiger partial charge in [0.15, 0.2) is 0 Å². The molecule has 2 atom stereocenters. The number of nitrogens with one attached hydrogen (secondary N) is 2. The molecule has 2 N–H and O–H groups in total. The lowest BCUT2D eigenvalue weighted by Crippen LogP contribution is -2.27. The third kappa shape index (κ3) is 3.95. The van der Waals surface area contributed by atoms with Gasteiger partial charge in [-0.3, -0.25) is 15.2 Å². The van der Waals surface area contributed by atoms with E-state index in [4.69, 9.17) is 0 Å². The summed E-state index contributed by atoms with van der Waals surface area (Å²) in [6, 6.07) is 26.2. The molecular formula is C24H19N5OS. The SMILES string of the molecule is O=C(Nc1nncs1)C(c1ccccc1)C(c1ccccc1)c1ccc2[nH]ncc2c1. The molecule has 0 saturated heterocycles. The van der Waals surface area contributed by atoms with Gasteiger partial charge in [0.25, 0.3) is 0 Å². The van der Waals surface area contributed by atoms with E-state index in [1.54, 1.807) is 11.7 Å². The summed E-state index contributed by atoms with van der Waals surface area (Å²) in [5, 5.41) is 19.4. The van der Waals surface area contributed by atoms with Crippen LogP contribution in [0.3, 0.4) is 0 Å². The summed E-state index contributed by atoms with van der Waals surface area (Å²) < 4.78 is 0. The summed E-state index contributed by atoms with van der Waals surface area (Å²) in [6.07, 6.45) is 1.81. The zero-order chi connectivity index (χ0) is 21.0. The molecule has 2 unspecified atom stereocenters. The number of aromatic nitrogens is 4. The topological polar surface area (TPSA) is 83.6 Å². The number of anilines is 1. The van der Waals surface area contributed by atoms with Crippen molar-refractivity contribution in [3.05, 3.63) is 107 Å². The molecule has 31 heavy (non-hydrogen) atoms.